The van der Waals surface area contributed by atoms with Crippen LogP contribution in [0.5, 0.6) is 5.75 Å². The van der Waals surface area contributed by atoms with E-state index < -0.39 is 19.8 Å². The molecule has 5 aromatic carbocycles. The highest BCUT2D eigenvalue weighted by molar-refractivity contribution is 6.91. The minimum absolute atomic E-state index is 0.0418. The number of para-hydroxylation sites is 2. The largest absolute Gasteiger partial charge is 0.497 e. The van der Waals surface area contributed by atoms with E-state index in [1.165, 1.54) is 0 Å². The molecular weight excluding hydrogens is 719 g/mol. The molecule has 8 rings (SSSR count). The third-order valence-electron chi connectivity index (χ3n) is 12.4. The van der Waals surface area contributed by atoms with Crippen molar-refractivity contribution >= 4 is 54.2 Å². The van der Waals surface area contributed by atoms with E-state index in [4.69, 9.17) is 9.47 Å². The van der Waals surface area contributed by atoms with Crippen LogP contribution in [-0.4, -0.2) is 62.2 Å². The lowest BCUT2D eigenvalue weighted by Crippen LogP contribution is -2.52. The Bertz CT molecular complexity index is 2250. The van der Waals surface area contributed by atoms with Gasteiger partial charge in [0.1, 0.15) is 5.75 Å². The Labute approximate surface area is 329 Å². The zero-order valence-corrected chi connectivity index (χ0v) is 33.2. The Morgan fingerprint density at radius 3 is 2.23 bits per heavy atom. The summed E-state index contributed by atoms with van der Waals surface area (Å²) < 4.78 is 12.9. The second-order valence-corrected chi connectivity index (χ2v) is 20.4. The SMILES string of the molecule is COc1ccc([Si](C)(C)[C@@H]2[C@@H](CC(=O)N3Cc4ccccc4C[C@H]3CO)O[C@]3(C(=O)N(c4ccccc4)c4ccc(N(C=O)c5ccccc5)cc43)[C@H]2C)cc1. The van der Waals surface area contributed by atoms with Crippen LogP contribution < -0.4 is 19.7 Å². The standard InChI is InChI=1S/C46H47N3O6Si/c1-31-44(56(3,4)39-22-20-38(54-2)21-23-39)42(27-43(52)47-28-33-14-12-11-13-32(33)25-37(47)29-50)55-46(31)40-26-36(48(30-51)34-15-7-5-8-16-34)19-24-41(40)49(45(46)53)35-17-9-6-10-18-35/h5-24,26,30-31,37,42,44,50H,25,27-29H2,1-4H3/t31-,37-,42+,44-,46+/m0/s1. The van der Waals surface area contributed by atoms with Crippen molar-refractivity contribution in [1.82, 2.24) is 4.90 Å². The lowest BCUT2D eigenvalue weighted by molar-refractivity contribution is -0.150. The minimum Gasteiger partial charge on any atom is -0.497 e. The van der Waals surface area contributed by atoms with Crippen LogP contribution >= 0.6 is 0 Å². The van der Waals surface area contributed by atoms with Gasteiger partial charge in [-0.25, -0.2) is 0 Å². The Morgan fingerprint density at radius 2 is 1.57 bits per heavy atom. The van der Waals surface area contributed by atoms with Crippen molar-refractivity contribution in [3.8, 4) is 5.75 Å². The van der Waals surface area contributed by atoms with E-state index in [1.54, 1.807) is 21.8 Å². The molecule has 0 aromatic heterocycles. The highest BCUT2D eigenvalue weighted by Crippen LogP contribution is 2.61. The number of benzene rings is 5. The highest BCUT2D eigenvalue weighted by Gasteiger charge is 2.67. The maximum Gasteiger partial charge on any atom is 0.268 e. The number of carbonyl (C=O) groups is 3. The van der Waals surface area contributed by atoms with Crippen LogP contribution in [0.4, 0.5) is 22.7 Å². The molecule has 9 nitrogen and oxygen atoms in total. The topological polar surface area (TPSA) is 99.6 Å². The predicted octanol–water partition coefficient (Wildman–Crippen LogP) is 7.22. The van der Waals surface area contributed by atoms with Crippen molar-refractivity contribution in [2.24, 2.45) is 5.92 Å². The van der Waals surface area contributed by atoms with Gasteiger partial charge in [0, 0.05) is 35.1 Å². The smallest absolute Gasteiger partial charge is 0.268 e. The van der Waals surface area contributed by atoms with Crippen LogP contribution in [0.25, 0.3) is 0 Å². The fourth-order valence-corrected chi connectivity index (χ4v) is 13.6. The van der Waals surface area contributed by atoms with Gasteiger partial charge in [-0.3, -0.25) is 24.2 Å². The van der Waals surface area contributed by atoms with Crippen LogP contribution in [0, 0.1) is 5.92 Å². The number of hydrogen-bond acceptors (Lipinski definition) is 6. The Kier molecular flexibility index (Phi) is 9.90. The summed E-state index contributed by atoms with van der Waals surface area (Å²) in [4.78, 5) is 48.0. The van der Waals surface area contributed by atoms with Gasteiger partial charge in [0.2, 0.25) is 12.3 Å². The number of aliphatic hydroxyl groups is 1. The number of aliphatic hydroxyl groups excluding tert-OH is 1. The number of nitrogens with zero attached hydrogens (tertiary/aromatic N) is 3. The number of ether oxygens (including phenoxy) is 2. The van der Waals surface area contributed by atoms with E-state index in [2.05, 4.69) is 38.2 Å². The number of fused-ring (bicyclic) bond motifs is 3. The molecule has 1 saturated heterocycles. The van der Waals surface area contributed by atoms with Crippen LogP contribution in [0.3, 0.4) is 0 Å². The average molecular weight is 766 g/mol. The highest BCUT2D eigenvalue weighted by atomic mass is 28.3. The fraction of sp³-hybridized carbons (Fsp3) is 0.283. The normalized spacial score (nSPS) is 22.8. The third-order valence-corrected chi connectivity index (χ3v) is 16.8. The molecule has 5 atom stereocenters. The zero-order valence-electron chi connectivity index (χ0n) is 32.2. The molecule has 5 aromatic rings. The van der Waals surface area contributed by atoms with E-state index in [-0.39, 0.29) is 42.3 Å². The first-order valence-electron chi connectivity index (χ1n) is 19.3. The molecule has 3 heterocycles. The minimum atomic E-state index is -2.59. The van der Waals surface area contributed by atoms with Crippen molar-refractivity contribution in [2.45, 2.75) is 62.7 Å². The Morgan fingerprint density at radius 1 is 0.911 bits per heavy atom. The van der Waals surface area contributed by atoms with Crippen molar-refractivity contribution in [1.29, 1.82) is 0 Å². The molecule has 0 radical (unpaired) electrons. The summed E-state index contributed by atoms with van der Waals surface area (Å²) in [6, 6.07) is 40.5. The summed E-state index contributed by atoms with van der Waals surface area (Å²) in [5, 5.41) is 11.7. The molecule has 3 amide bonds. The Balaban J connectivity index is 1.27. The van der Waals surface area contributed by atoms with Crippen molar-refractivity contribution < 1.29 is 29.0 Å². The lowest BCUT2D eigenvalue weighted by Gasteiger charge is -2.39. The maximum absolute atomic E-state index is 15.5. The molecule has 10 heteroatoms. The summed E-state index contributed by atoms with van der Waals surface area (Å²) in [5.41, 5.74) is 3.88. The van der Waals surface area contributed by atoms with Gasteiger partial charge >= 0.3 is 0 Å². The summed E-state index contributed by atoms with van der Waals surface area (Å²) in [5.74, 6) is 0.0339. The molecule has 1 spiro atoms. The van der Waals surface area contributed by atoms with E-state index in [1.807, 2.05) is 109 Å². The first-order valence-corrected chi connectivity index (χ1v) is 22.3. The van der Waals surface area contributed by atoms with Gasteiger partial charge in [-0.2, -0.15) is 0 Å². The molecule has 1 N–H and O–H groups in total. The molecule has 0 saturated carbocycles. The molecule has 0 bridgehead atoms. The second-order valence-electron chi connectivity index (χ2n) is 15.7. The lowest BCUT2D eigenvalue weighted by atomic mass is 9.82. The monoisotopic (exact) mass is 765 g/mol. The van der Waals surface area contributed by atoms with E-state index >= 15 is 4.79 Å². The van der Waals surface area contributed by atoms with Crippen LogP contribution in [-0.2, 0) is 37.7 Å². The number of amides is 3. The first kappa shape index (κ1) is 37.4. The quantitative estimate of drug-likeness (QED) is 0.119. The number of rotatable bonds is 10. The second kappa shape index (κ2) is 14.8. The molecule has 3 aliphatic rings. The molecule has 1 fully saturated rings. The van der Waals surface area contributed by atoms with Crippen LogP contribution in [0.15, 0.2) is 127 Å². The van der Waals surface area contributed by atoms with Gasteiger partial charge in [-0.05, 0) is 77.7 Å². The van der Waals surface area contributed by atoms with Gasteiger partial charge in [-0.15, -0.1) is 0 Å². The summed E-state index contributed by atoms with van der Waals surface area (Å²) >= 11 is 0. The third kappa shape index (κ3) is 6.12. The van der Waals surface area contributed by atoms with Crippen molar-refractivity contribution in [3.05, 3.63) is 144 Å². The van der Waals surface area contributed by atoms with Crippen molar-refractivity contribution in [3.63, 3.8) is 0 Å². The molecule has 286 valence electrons. The maximum atomic E-state index is 15.5. The summed E-state index contributed by atoms with van der Waals surface area (Å²) in [6.07, 6.45) is 0.757. The van der Waals surface area contributed by atoms with Gasteiger partial charge in [0.15, 0.2) is 5.60 Å². The number of anilines is 4. The van der Waals surface area contributed by atoms with Gasteiger partial charge in [0.05, 0.1) is 46.0 Å². The fourth-order valence-electron chi connectivity index (χ4n) is 9.60. The van der Waals surface area contributed by atoms with Gasteiger partial charge < -0.3 is 19.5 Å². The van der Waals surface area contributed by atoms with Gasteiger partial charge in [-0.1, -0.05) is 98.0 Å². The molecule has 3 aliphatic heterocycles. The Hall–Kier alpha value is -5.55. The van der Waals surface area contributed by atoms with E-state index in [0.717, 1.165) is 28.5 Å². The number of carbonyl (C=O) groups excluding carboxylic acids is 3. The van der Waals surface area contributed by atoms with E-state index in [0.29, 0.717) is 41.3 Å². The van der Waals surface area contributed by atoms with Gasteiger partial charge in [0.25, 0.3) is 5.91 Å². The molecule has 56 heavy (non-hydrogen) atoms. The van der Waals surface area contributed by atoms with E-state index in [9.17, 15) is 14.7 Å². The van der Waals surface area contributed by atoms with Crippen LogP contribution in [0.1, 0.15) is 30.0 Å². The first-order chi connectivity index (χ1) is 27.1. The number of hydrogen-bond donors (Lipinski definition) is 1. The van der Waals surface area contributed by atoms with Crippen LogP contribution in [0.2, 0.25) is 18.6 Å². The predicted molar refractivity (Wildman–Crippen MR) is 220 cm³/mol. The molecule has 0 aliphatic carbocycles. The summed E-state index contributed by atoms with van der Waals surface area (Å²) in [7, 11) is -0.939. The molecule has 0 unspecified atom stereocenters. The average Bonchev–Trinajstić information content (AvgIpc) is 3.67. The van der Waals surface area contributed by atoms with Crippen molar-refractivity contribution in [2.75, 3.05) is 23.5 Å². The molecular formula is C46H47N3O6Si. The zero-order chi connectivity index (χ0) is 39.2. The summed E-state index contributed by atoms with van der Waals surface area (Å²) in [6.45, 7) is 6.92. The number of methoxy groups -OCH3 is 1.